The lowest BCUT2D eigenvalue weighted by atomic mass is 10.1. The Morgan fingerprint density at radius 1 is 1.55 bits per heavy atom. The summed E-state index contributed by atoms with van der Waals surface area (Å²) in [6, 6.07) is 8.45. The minimum absolute atomic E-state index is 0.143. The Bertz CT molecular complexity index is 708. The van der Waals surface area contributed by atoms with Gasteiger partial charge in [0.25, 0.3) is 5.91 Å². The van der Waals surface area contributed by atoms with E-state index in [1.54, 1.807) is 35.4 Å². The molecular weight excluding hydrogens is 298 g/mol. The monoisotopic (exact) mass is 313 g/mol. The molecule has 0 aliphatic carbocycles. The van der Waals surface area contributed by atoms with Crippen LogP contribution in [0.5, 0.6) is 0 Å². The fourth-order valence-electron chi connectivity index (χ4n) is 2.81. The summed E-state index contributed by atoms with van der Waals surface area (Å²) in [7, 11) is 0. The SMILES string of the molecule is N#Cc1cccc(C(=O)N2CCC[C@H]2[C@H](O)c2nccs2)c1. The van der Waals surface area contributed by atoms with E-state index in [9.17, 15) is 9.90 Å². The van der Waals surface area contributed by atoms with Crippen LogP contribution in [0, 0.1) is 11.3 Å². The summed E-state index contributed by atoms with van der Waals surface area (Å²) >= 11 is 1.39. The number of nitrogens with zero attached hydrogens (tertiary/aromatic N) is 3. The van der Waals surface area contributed by atoms with Gasteiger partial charge in [-0.25, -0.2) is 4.98 Å². The smallest absolute Gasteiger partial charge is 0.254 e. The third kappa shape index (κ3) is 2.73. The molecule has 5 nitrogen and oxygen atoms in total. The number of amides is 1. The van der Waals surface area contributed by atoms with Crippen molar-refractivity contribution in [1.82, 2.24) is 9.88 Å². The van der Waals surface area contributed by atoms with Crippen molar-refractivity contribution in [2.75, 3.05) is 6.54 Å². The van der Waals surface area contributed by atoms with Gasteiger partial charge in [0, 0.05) is 23.7 Å². The highest BCUT2D eigenvalue weighted by atomic mass is 32.1. The summed E-state index contributed by atoms with van der Waals surface area (Å²) in [5.74, 6) is -0.143. The van der Waals surface area contributed by atoms with Gasteiger partial charge in [-0.2, -0.15) is 5.26 Å². The zero-order valence-electron chi connectivity index (χ0n) is 11.8. The number of hydrogen-bond acceptors (Lipinski definition) is 5. The Labute approximate surface area is 132 Å². The third-order valence-electron chi connectivity index (χ3n) is 3.87. The van der Waals surface area contributed by atoms with Crippen LogP contribution >= 0.6 is 11.3 Å². The molecule has 1 amide bonds. The Balaban J connectivity index is 1.83. The first-order valence-corrected chi connectivity index (χ1v) is 7.97. The van der Waals surface area contributed by atoms with Gasteiger partial charge in [-0.1, -0.05) is 6.07 Å². The maximum absolute atomic E-state index is 12.7. The molecule has 0 saturated carbocycles. The molecule has 22 heavy (non-hydrogen) atoms. The highest BCUT2D eigenvalue weighted by Crippen LogP contribution is 2.31. The number of thiazole rings is 1. The molecule has 1 aromatic heterocycles. The lowest BCUT2D eigenvalue weighted by molar-refractivity contribution is 0.0486. The molecule has 3 rings (SSSR count). The molecule has 112 valence electrons. The number of aliphatic hydroxyl groups is 1. The van der Waals surface area contributed by atoms with E-state index >= 15 is 0 Å². The van der Waals surface area contributed by atoms with Crippen LogP contribution in [0.2, 0.25) is 0 Å². The summed E-state index contributed by atoms with van der Waals surface area (Å²) < 4.78 is 0. The predicted molar refractivity (Wildman–Crippen MR) is 82.3 cm³/mol. The van der Waals surface area contributed by atoms with Crippen molar-refractivity contribution in [3.05, 3.63) is 52.0 Å². The van der Waals surface area contributed by atoms with Gasteiger partial charge in [0.2, 0.25) is 0 Å². The van der Waals surface area contributed by atoms with Crippen LogP contribution in [0.3, 0.4) is 0 Å². The maximum Gasteiger partial charge on any atom is 0.254 e. The molecule has 2 heterocycles. The van der Waals surface area contributed by atoms with E-state index in [-0.39, 0.29) is 11.9 Å². The molecule has 1 fully saturated rings. The number of benzene rings is 1. The summed E-state index contributed by atoms with van der Waals surface area (Å²) in [6.07, 6.45) is 2.51. The second kappa shape index (κ2) is 6.26. The first-order chi connectivity index (χ1) is 10.7. The van der Waals surface area contributed by atoms with E-state index in [1.165, 1.54) is 11.3 Å². The molecule has 1 aromatic carbocycles. The van der Waals surface area contributed by atoms with Gasteiger partial charge in [0.15, 0.2) is 0 Å². The highest BCUT2D eigenvalue weighted by Gasteiger charge is 2.36. The van der Waals surface area contributed by atoms with E-state index in [4.69, 9.17) is 5.26 Å². The van der Waals surface area contributed by atoms with Gasteiger partial charge in [-0.3, -0.25) is 4.79 Å². The third-order valence-corrected chi connectivity index (χ3v) is 4.71. The minimum atomic E-state index is -0.759. The van der Waals surface area contributed by atoms with Crippen molar-refractivity contribution in [1.29, 1.82) is 5.26 Å². The molecule has 0 unspecified atom stereocenters. The van der Waals surface area contributed by atoms with E-state index in [0.29, 0.717) is 22.7 Å². The van der Waals surface area contributed by atoms with Crippen molar-refractivity contribution in [3.63, 3.8) is 0 Å². The fourth-order valence-corrected chi connectivity index (χ4v) is 3.48. The Morgan fingerprint density at radius 3 is 3.14 bits per heavy atom. The number of aromatic nitrogens is 1. The lowest BCUT2D eigenvalue weighted by Gasteiger charge is -2.27. The average Bonchev–Trinajstić information content (AvgIpc) is 3.24. The molecule has 1 aliphatic heterocycles. The zero-order valence-corrected chi connectivity index (χ0v) is 12.7. The lowest BCUT2D eigenvalue weighted by Crippen LogP contribution is -2.39. The molecule has 1 saturated heterocycles. The molecule has 0 radical (unpaired) electrons. The van der Waals surface area contributed by atoms with Gasteiger partial charge >= 0.3 is 0 Å². The molecule has 0 spiro atoms. The van der Waals surface area contributed by atoms with Gasteiger partial charge < -0.3 is 10.0 Å². The standard InChI is InChI=1S/C16H15N3O2S/c17-10-11-3-1-4-12(9-11)16(21)19-7-2-5-13(19)14(20)15-18-6-8-22-15/h1,3-4,6,8-9,13-14,20H,2,5,7H2/t13-,14-/m0/s1. The summed E-state index contributed by atoms with van der Waals surface area (Å²) in [4.78, 5) is 18.5. The number of carbonyl (C=O) groups is 1. The van der Waals surface area contributed by atoms with Crippen LogP contribution in [-0.2, 0) is 0 Å². The normalized spacial score (nSPS) is 18.9. The minimum Gasteiger partial charge on any atom is -0.384 e. The van der Waals surface area contributed by atoms with E-state index in [0.717, 1.165) is 12.8 Å². The van der Waals surface area contributed by atoms with Gasteiger partial charge in [-0.05, 0) is 31.0 Å². The van der Waals surface area contributed by atoms with Crippen LogP contribution in [0.1, 0.15) is 39.9 Å². The number of hydrogen-bond donors (Lipinski definition) is 1. The summed E-state index contributed by atoms with van der Waals surface area (Å²) in [5, 5.41) is 21.9. The van der Waals surface area contributed by atoms with Crippen molar-refractivity contribution in [3.8, 4) is 6.07 Å². The van der Waals surface area contributed by atoms with Crippen molar-refractivity contribution in [2.24, 2.45) is 0 Å². The quantitative estimate of drug-likeness (QED) is 0.943. The topological polar surface area (TPSA) is 77.2 Å². The van der Waals surface area contributed by atoms with Gasteiger partial charge in [-0.15, -0.1) is 11.3 Å². The second-order valence-electron chi connectivity index (χ2n) is 5.22. The van der Waals surface area contributed by atoms with E-state index < -0.39 is 6.10 Å². The molecule has 0 bridgehead atoms. The first kappa shape index (κ1) is 14.7. The van der Waals surface area contributed by atoms with Crippen molar-refractivity contribution in [2.45, 2.75) is 25.0 Å². The fraction of sp³-hybridized carbons (Fsp3) is 0.312. The maximum atomic E-state index is 12.7. The number of carbonyl (C=O) groups excluding carboxylic acids is 1. The Kier molecular flexibility index (Phi) is 4.18. The van der Waals surface area contributed by atoms with Crippen molar-refractivity contribution < 1.29 is 9.90 Å². The molecule has 2 atom stereocenters. The van der Waals surface area contributed by atoms with Crippen LogP contribution in [-0.4, -0.2) is 33.5 Å². The Morgan fingerprint density at radius 2 is 2.41 bits per heavy atom. The van der Waals surface area contributed by atoms with Gasteiger partial charge in [0.1, 0.15) is 11.1 Å². The highest BCUT2D eigenvalue weighted by molar-refractivity contribution is 7.09. The molecule has 6 heteroatoms. The summed E-state index contributed by atoms with van der Waals surface area (Å²) in [5.41, 5.74) is 0.944. The molecule has 1 N–H and O–H groups in total. The zero-order chi connectivity index (χ0) is 15.5. The van der Waals surface area contributed by atoms with Crippen LogP contribution in [0.15, 0.2) is 35.8 Å². The van der Waals surface area contributed by atoms with Crippen LogP contribution < -0.4 is 0 Å². The summed E-state index contributed by atoms with van der Waals surface area (Å²) in [6.45, 7) is 0.614. The molecule has 1 aliphatic rings. The number of rotatable bonds is 3. The van der Waals surface area contributed by atoms with Gasteiger partial charge in [0.05, 0.1) is 17.7 Å². The first-order valence-electron chi connectivity index (χ1n) is 7.09. The largest absolute Gasteiger partial charge is 0.384 e. The number of nitriles is 1. The Hall–Kier alpha value is -2.23. The van der Waals surface area contributed by atoms with E-state index in [2.05, 4.69) is 4.98 Å². The average molecular weight is 313 g/mol. The van der Waals surface area contributed by atoms with E-state index in [1.807, 2.05) is 11.4 Å². The van der Waals surface area contributed by atoms with Crippen LogP contribution in [0.25, 0.3) is 0 Å². The molecular formula is C16H15N3O2S. The predicted octanol–water partition coefficient (Wildman–Crippen LogP) is 2.35. The number of aliphatic hydroxyl groups excluding tert-OH is 1. The number of likely N-dealkylation sites (tertiary alicyclic amines) is 1. The van der Waals surface area contributed by atoms with Crippen molar-refractivity contribution >= 4 is 17.2 Å². The van der Waals surface area contributed by atoms with Crippen LogP contribution in [0.4, 0.5) is 0 Å². The second-order valence-corrected chi connectivity index (χ2v) is 6.14. The molecule has 2 aromatic rings.